The first-order chi connectivity index (χ1) is 12.9. The smallest absolute Gasteiger partial charge is 0.0384 e. The van der Waals surface area contributed by atoms with Crippen LogP contribution in [-0.2, 0) is 10.8 Å². The van der Waals surface area contributed by atoms with Crippen molar-refractivity contribution < 1.29 is 0 Å². The molecule has 138 valence electrons. The van der Waals surface area contributed by atoms with Gasteiger partial charge in [0.15, 0.2) is 0 Å². The van der Waals surface area contributed by atoms with Gasteiger partial charge in [0.1, 0.15) is 0 Å². The van der Waals surface area contributed by atoms with E-state index in [1.807, 2.05) is 6.07 Å². The van der Waals surface area contributed by atoms with Crippen molar-refractivity contribution in [2.45, 2.75) is 51.4 Å². The van der Waals surface area contributed by atoms with E-state index in [4.69, 9.17) is 0 Å². The Kier molecular flexibility index (Phi) is 4.34. The second-order valence-electron chi connectivity index (χ2n) is 9.06. The molecule has 0 spiro atoms. The Morgan fingerprint density at radius 2 is 1.26 bits per heavy atom. The van der Waals surface area contributed by atoms with Crippen molar-refractivity contribution in [3.8, 4) is 11.1 Å². The van der Waals surface area contributed by atoms with E-state index in [9.17, 15) is 0 Å². The number of fused-ring (bicyclic) bond motifs is 1. The molecule has 0 bridgehead atoms. The molecule has 0 saturated carbocycles. The minimum absolute atomic E-state index is 0.211. The molecule has 1 aliphatic rings. The van der Waals surface area contributed by atoms with Gasteiger partial charge in [-0.05, 0) is 70.2 Å². The molecule has 0 radical (unpaired) electrons. The van der Waals surface area contributed by atoms with Crippen LogP contribution < -0.4 is 5.32 Å². The van der Waals surface area contributed by atoms with Gasteiger partial charge < -0.3 is 5.32 Å². The minimum atomic E-state index is 0.211. The third kappa shape index (κ3) is 3.39. The molecule has 27 heavy (non-hydrogen) atoms. The maximum atomic E-state index is 3.47. The van der Waals surface area contributed by atoms with Crippen LogP contribution in [0.2, 0.25) is 0 Å². The molecule has 0 aliphatic heterocycles. The quantitative estimate of drug-likeness (QED) is 0.514. The monoisotopic (exact) mass is 355 g/mol. The van der Waals surface area contributed by atoms with E-state index in [-0.39, 0.29) is 10.8 Å². The molecule has 0 aromatic heterocycles. The van der Waals surface area contributed by atoms with Gasteiger partial charge >= 0.3 is 0 Å². The van der Waals surface area contributed by atoms with Gasteiger partial charge in [0, 0.05) is 11.4 Å². The summed E-state index contributed by atoms with van der Waals surface area (Å²) in [6.07, 6.45) is 2.48. The van der Waals surface area contributed by atoms with Crippen molar-refractivity contribution in [2.24, 2.45) is 0 Å². The van der Waals surface area contributed by atoms with Gasteiger partial charge in [-0.3, -0.25) is 0 Å². The number of anilines is 2. The summed E-state index contributed by atoms with van der Waals surface area (Å²) >= 11 is 0. The van der Waals surface area contributed by atoms with E-state index in [1.54, 1.807) is 0 Å². The minimum Gasteiger partial charge on any atom is -0.356 e. The first kappa shape index (κ1) is 17.9. The van der Waals surface area contributed by atoms with Crippen molar-refractivity contribution in [2.75, 3.05) is 5.32 Å². The molecule has 3 aromatic rings. The molecule has 1 heteroatoms. The van der Waals surface area contributed by atoms with E-state index in [2.05, 4.69) is 99.7 Å². The zero-order valence-electron chi connectivity index (χ0n) is 16.8. The molecule has 1 aliphatic carbocycles. The summed E-state index contributed by atoms with van der Waals surface area (Å²) < 4.78 is 0. The number of hydrogen-bond acceptors (Lipinski definition) is 1. The van der Waals surface area contributed by atoms with Crippen LogP contribution >= 0.6 is 0 Å². The number of benzene rings is 3. The summed E-state index contributed by atoms with van der Waals surface area (Å²) in [6.45, 7) is 9.57. The van der Waals surface area contributed by atoms with Crippen molar-refractivity contribution in [3.63, 3.8) is 0 Å². The molecule has 1 N–H and O–H groups in total. The van der Waals surface area contributed by atoms with E-state index in [0.29, 0.717) is 0 Å². The fourth-order valence-corrected chi connectivity index (χ4v) is 4.39. The second-order valence-corrected chi connectivity index (χ2v) is 9.06. The number of hydrogen-bond donors (Lipinski definition) is 1. The summed E-state index contributed by atoms with van der Waals surface area (Å²) in [5.41, 5.74) is 8.43. The zero-order chi connectivity index (χ0) is 19.1. The predicted octanol–water partition coefficient (Wildman–Crippen LogP) is 7.45. The van der Waals surface area contributed by atoms with E-state index >= 15 is 0 Å². The first-order valence-corrected chi connectivity index (χ1v) is 9.93. The summed E-state index contributed by atoms with van der Waals surface area (Å²) in [6, 6.07) is 26.0. The van der Waals surface area contributed by atoms with E-state index in [0.717, 1.165) is 11.4 Å². The molecule has 0 atom stereocenters. The van der Waals surface area contributed by atoms with Gasteiger partial charge in [0.05, 0.1) is 0 Å². The lowest BCUT2D eigenvalue weighted by Gasteiger charge is -2.43. The van der Waals surface area contributed by atoms with Gasteiger partial charge in [-0.2, -0.15) is 0 Å². The SMILES string of the molecule is CC1(C)CCC(C)(C)c2c(-c3ccc(Nc4ccccc4)cc3)cccc21. The predicted molar refractivity (Wildman–Crippen MR) is 117 cm³/mol. The van der Waals surface area contributed by atoms with Crippen molar-refractivity contribution in [1.29, 1.82) is 0 Å². The maximum Gasteiger partial charge on any atom is 0.0384 e. The molecule has 0 unspecified atom stereocenters. The lowest BCUT2D eigenvalue weighted by atomic mass is 9.61. The van der Waals surface area contributed by atoms with E-state index in [1.165, 1.54) is 35.1 Å². The normalized spacial score (nSPS) is 17.2. The lowest BCUT2D eigenvalue weighted by Crippen LogP contribution is -2.34. The summed E-state index contributed by atoms with van der Waals surface area (Å²) in [5, 5.41) is 3.47. The highest BCUT2D eigenvalue weighted by Gasteiger charge is 2.38. The maximum absolute atomic E-state index is 3.47. The third-order valence-electron chi connectivity index (χ3n) is 6.10. The number of nitrogens with one attached hydrogen (secondary N) is 1. The van der Waals surface area contributed by atoms with E-state index < -0.39 is 0 Å². The summed E-state index contributed by atoms with van der Waals surface area (Å²) in [5.74, 6) is 0. The van der Waals surface area contributed by atoms with Crippen molar-refractivity contribution in [3.05, 3.63) is 83.9 Å². The molecule has 1 nitrogen and oxygen atoms in total. The van der Waals surface area contributed by atoms with Gasteiger partial charge in [-0.15, -0.1) is 0 Å². The molecule has 0 fully saturated rings. The van der Waals surface area contributed by atoms with Crippen LogP contribution in [-0.4, -0.2) is 0 Å². The molecular formula is C26H29N. The Hall–Kier alpha value is -2.54. The standard InChI is InChI=1S/C26H29N/c1-25(2)17-18-26(3,4)24-22(11-8-12-23(24)25)19-13-15-21(16-14-19)27-20-9-6-5-7-10-20/h5-16,27H,17-18H2,1-4H3. The van der Waals surface area contributed by atoms with Gasteiger partial charge in [-0.1, -0.05) is 76.2 Å². The molecule has 0 saturated heterocycles. The Balaban J connectivity index is 1.72. The Morgan fingerprint density at radius 3 is 1.96 bits per heavy atom. The molecule has 0 amide bonds. The molecule has 3 aromatic carbocycles. The van der Waals surface area contributed by atoms with Gasteiger partial charge in [0.2, 0.25) is 0 Å². The highest BCUT2D eigenvalue weighted by atomic mass is 14.9. The fourth-order valence-electron chi connectivity index (χ4n) is 4.39. The molecule has 4 rings (SSSR count). The first-order valence-electron chi connectivity index (χ1n) is 9.93. The molecular weight excluding hydrogens is 326 g/mol. The Labute approximate surface area is 163 Å². The molecule has 0 heterocycles. The van der Waals surface area contributed by atoms with Gasteiger partial charge in [-0.25, -0.2) is 0 Å². The Bertz CT molecular complexity index is 934. The summed E-state index contributed by atoms with van der Waals surface area (Å²) in [7, 11) is 0. The number of para-hydroxylation sites is 1. The average Bonchev–Trinajstić information content (AvgIpc) is 2.67. The van der Waals surface area contributed by atoms with Crippen LogP contribution in [0.1, 0.15) is 51.7 Å². The van der Waals surface area contributed by atoms with Crippen LogP contribution in [0.3, 0.4) is 0 Å². The van der Waals surface area contributed by atoms with Crippen LogP contribution in [0.5, 0.6) is 0 Å². The highest BCUT2D eigenvalue weighted by molar-refractivity contribution is 5.74. The van der Waals surface area contributed by atoms with Crippen LogP contribution in [0, 0.1) is 0 Å². The van der Waals surface area contributed by atoms with Crippen molar-refractivity contribution >= 4 is 11.4 Å². The third-order valence-corrected chi connectivity index (χ3v) is 6.10. The topological polar surface area (TPSA) is 12.0 Å². The summed E-state index contributed by atoms with van der Waals surface area (Å²) in [4.78, 5) is 0. The van der Waals surface area contributed by atoms with Crippen LogP contribution in [0.4, 0.5) is 11.4 Å². The van der Waals surface area contributed by atoms with Crippen molar-refractivity contribution in [1.82, 2.24) is 0 Å². The zero-order valence-corrected chi connectivity index (χ0v) is 16.8. The second kappa shape index (κ2) is 6.56. The number of rotatable bonds is 3. The average molecular weight is 356 g/mol. The highest BCUT2D eigenvalue weighted by Crippen LogP contribution is 2.49. The van der Waals surface area contributed by atoms with Gasteiger partial charge in [0.25, 0.3) is 0 Å². The van der Waals surface area contributed by atoms with Crippen LogP contribution in [0.15, 0.2) is 72.8 Å². The largest absolute Gasteiger partial charge is 0.356 e. The Morgan fingerprint density at radius 1 is 0.630 bits per heavy atom. The van der Waals surface area contributed by atoms with Crippen LogP contribution in [0.25, 0.3) is 11.1 Å². The lowest BCUT2D eigenvalue weighted by molar-refractivity contribution is 0.333. The fraction of sp³-hybridized carbons (Fsp3) is 0.308.